The molecule has 0 atom stereocenters. The topological polar surface area (TPSA) is 478 Å². The molecule has 35 heteroatoms. The van der Waals surface area contributed by atoms with E-state index < -0.39 is 0 Å². The Hall–Kier alpha value is -12.2. The average molecular weight is 1420 g/mol. The average Bonchev–Trinajstić information content (AvgIpc) is 1.65. The Balaban J connectivity index is 0.000000101. The van der Waals surface area contributed by atoms with Gasteiger partial charge in [0.2, 0.25) is 5.89 Å². The maximum atomic E-state index is 6.07. The lowest BCUT2D eigenvalue weighted by molar-refractivity contribution is 0.421. The van der Waals surface area contributed by atoms with Crippen molar-refractivity contribution in [3.8, 4) is 57.5 Å². The predicted octanol–water partition coefficient (Wildman–Crippen LogP) is 12.4. The molecule has 540 valence electrons. The van der Waals surface area contributed by atoms with Gasteiger partial charge in [0, 0.05) is 11.6 Å². The zero-order chi connectivity index (χ0) is 72.0. The molecule has 0 radical (unpaired) electrons. The number of nitrogens with two attached hydrogens (primary N) is 5. The van der Waals surface area contributed by atoms with Crippen molar-refractivity contribution in [2.45, 2.75) is 193 Å². The van der Waals surface area contributed by atoms with Crippen molar-refractivity contribution in [1.29, 1.82) is 0 Å². The number of aromatic nitrogens is 25. The third kappa shape index (κ3) is 13.0. The lowest BCUT2D eigenvalue weighted by Gasteiger charge is -2.09. The molecule has 20 rings (SSSR count). The zero-order valence-electron chi connectivity index (χ0n) is 58.9. The third-order valence-corrected chi connectivity index (χ3v) is 20.3. The van der Waals surface area contributed by atoms with Crippen molar-refractivity contribution in [2.75, 3.05) is 28.7 Å². The van der Waals surface area contributed by atoms with Crippen LogP contribution >= 0.6 is 0 Å². The molecule has 0 aromatic carbocycles. The van der Waals surface area contributed by atoms with E-state index in [4.69, 9.17) is 71.5 Å². The summed E-state index contributed by atoms with van der Waals surface area (Å²) in [7, 11) is 0. The van der Waals surface area contributed by atoms with Crippen molar-refractivity contribution >= 4 is 84.3 Å². The molecule has 0 unspecified atom stereocenters. The first-order valence-corrected chi connectivity index (χ1v) is 35.8. The largest absolute Gasteiger partial charge is 0.462 e. The monoisotopic (exact) mass is 1420 g/mol. The van der Waals surface area contributed by atoms with E-state index >= 15 is 0 Å². The van der Waals surface area contributed by atoms with Gasteiger partial charge in [-0.25, -0.2) is 78.2 Å². The van der Waals surface area contributed by atoms with E-state index in [9.17, 15) is 0 Å². The fourth-order valence-corrected chi connectivity index (χ4v) is 15.2. The molecule has 0 aliphatic heterocycles. The third-order valence-electron chi connectivity index (χ3n) is 20.3. The van der Waals surface area contributed by atoms with E-state index in [0.717, 1.165) is 148 Å². The van der Waals surface area contributed by atoms with Crippen LogP contribution in [0.15, 0.2) is 84.9 Å². The Bertz CT molecular complexity index is 5030. The highest BCUT2D eigenvalue weighted by Crippen LogP contribution is 2.43. The number of furan rings is 1. The highest BCUT2D eigenvalue weighted by Gasteiger charge is 2.32. The van der Waals surface area contributed by atoms with Crippen LogP contribution < -0.4 is 28.7 Å². The summed E-state index contributed by atoms with van der Waals surface area (Å²) in [6, 6.07) is 5.68. The number of nitrogen functional groups attached to an aromatic ring is 5. The van der Waals surface area contributed by atoms with E-state index in [1.807, 2.05) is 63.2 Å². The minimum atomic E-state index is 0.347. The molecule has 35 nitrogen and oxygen atoms in total. The molecule has 5 saturated carbocycles. The Morgan fingerprint density at radius 3 is 1.06 bits per heavy atom. The zero-order valence-corrected chi connectivity index (χ0v) is 58.9. The van der Waals surface area contributed by atoms with E-state index in [-0.39, 0.29) is 0 Å². The minimum absolute atomic E-state index is 0.347. The van der Waals surface area contributed by atoms with E-state index in [0.29, 0.717) is 117 Å². The van der Waals surface area contributed by atoms with Crippen LogP contribution in [0.4, 0.5) is 29.1 Å². The molecule has 5 fully saturated rings. The molecule has 0 spiro atoms. The highest BCUT2D eigenvalue weighted by molar-refractivity contribution is 6.00. The number of aryl methyl sites for hydroxylation is 5. The number of hydrogen-bond donors (Lipinski definition) is 5. The molecular weight excluding hydrogens is 1340 g/mol. The first kappa shape index (κ1) is 67.3. The SMILES string of the molecule is Cc1cc(-c2nn(C3CCCC3)c3ncnc(N)c23)on1.Cc1cnoc1-c1nn(C2CCCC2)c2ncnc(N)c12.Cc1coc(-c2nn(C3CCCC3)c3ncnc(N)c23)c1.Cc1coc(-c2nn(C3CCCC3)c3ncnc(N)c23)n1.Cc1noc(-c2nn(C3CCCC3)c3ncnc(N)c23)n1. The number of hydrogen-bond acceptors (Lipinski definition) is 30. The molecule has 0 amide bonds. The highest BCUT2D eigenvalue weighted by atomic mass is 16.5. The lowest BCUT2D eigenvalue weighted by Crippen LogP contribution is -2.07. The van der Waals surface area contributed by atoms with Crippen molar-refractivity contribution in [2.24, 2.45) is 0 Å². The van der Waals surface area contributed by atoms with Crippen LogP contribution in [0.5, 0.6) is 0 Å². The van der Waals surface area contributed by atoms with Crippen LogP contribution in [-0.2, 0) is 0 Å². The first-order chi connectivity index (χ1) is 51.2. The van der Waals surface area contributed by atoms with E-state index in [1.54, 1.807) is 25.6 Å². The molecular formula is C70H80N30O5. The van der Waals surface area contributed by atoms with Crippen molar-refractivity contribution in [3.63, 3.8) is 0 Å². The first-order valence-electron chi connectivity index (χ1n) is 35.8. The van der Waals surface area contributed by atoms with Crippen LogP contribution in [0.1, 0.15) is 187 Å². The Morgan fingerprint density at radius 2 is 0.724 bits per heavy atom. The Labute approximate surface area is 598 Å². The van der Waals surface area contributed by atoms with Crippen LogP contribution in [-0.4, -0.2) is 124 Å². The van der Waals surface area contributed by atoms with Gasteiger partial charge in [-0.05, 0) is 110 Å². The molecule has 0 saturated heterocycles. The van der Waals surface area contributed by atoms with Crippen LogP contribution in [0.2, 0.25) is 0 Å². The van der Waals surface area contributed by atoms with Crippen molar-refractivity contribution in [1.82, 2.24) is 124 Å². The maximum absolute atomic E-state index is 6.07. The summed E-state index contributed by atoms with van der Waals surface area (Å²) in [6.45, 7) is 9.45. The summed E-state index contributed by atoms with van der Waals surface area (Å²) in [4.78, 5) is 51.0. The molecule has 15 heterocycles. The van der Waals surface area contributed by atoms with Crippen LogP contribution in [0.3, 0.4) is 0 Å². The minimum Gasteiger partial charge on any atom is -0.462 e. The maximum Gasteiger partial charge on any atom is 0.279 e. The smallest absolute Gasteiger partial charge is 0.279 e. The van der Waals surface area contributed by atoms with E-state index in [2.05, 4.69) is 80.4 Å². The number of fused-ring (bicyclic) bond motifs is 5. The van der Waals surface area contributed by atoms with Crippen LogP contribution in [0.25, 0.3) is 113 Å². The molecule has 5 aliphatic carbocycles. The van der Waals surface area contributed by atoms with Gasteiger partial charge in [0.25, 0.3) is 5.89 Å². The summed E-state index contributed by atoms with van der Waals surface area (Å²) >= 11 is 0. The predicted molar refractivity (Wildman–Crippen MR) is 387 cm³/mol. The molecule has 0 bridgehead atoms. The number of rotatable bonds is 10. The second-order valence-electron chi connectivity index (χ2n) is 27.5. The lowest BCUT2D eigenvalue weighted by atomic mass is 10.2. The fourth-order valence-electron chi connectivity index (χ4n) is 15.2. The Kier molecular flexibility index (Phi) is 18.3. The van der Waals surface area contributed by atoms with E-state index in [1.165, 1.54) is 95.8 Å². The normalized spacial score (nSPS) is 16.0. The van der Waals surface area contributed by atoms with Crippen molar-refractivity contribution < 1.29 is 22.4 Å². The van der Waals surface area contributed by atoms with Crippen LogP contribution in [0, 0.1) is 34.6 Å². The molecule has 15 aromatic rings. The summed E-state index contributed by atoms with van der Waals surface area (Å²) in [5.41, 5.74) is 41.0. The van der Waals surface area contributed by atoms with Gasteiger partial charge < -0.3 is 51.1 Å². The summed E-state index contributed by atoms with van der Waals surface area (Å²) in [6.07, 6.45) is 35.9. The van der Waals surface area contributed by atoms with Gasteiger partial charge >= 0.3 is 0 Å². The quantitative estimate of drug-likeness (QED) is 0.0849. The summed E-state index contributed by atoms with van der Waals surface area (Å²) < 4.78 is 36.9. The molecule has 105 heavy (non-hydrogen) atoms. The number of anilines is 5. The van der Waals surface area contributed by atoms with Gasteiger partial charge in [-0.1, -0.05) is 79.7 Å². The second-order valence-corrected chi connectivity index (χ2v) is 27.5. The fraction of sp³-hybridized carbons (Fsp3) is 0.429. The Morgan fingerprint density at radius 1 is 0.352 bits per heavy atom. The number of nitrogens with zero attached hydrogens (tertiary/aromatic N) is 25. The summed E-state index contributed by atoms with van der Waals surface area (Å²) in [5, 5.41) is 38.9. The van der Waals surface area contributed by atoms with Gasteiger partial charge in [0.15, 0.2) is 62.7 Å². The van der Waals surface area contributed by atoms with Gasteiger partial charge in [-0.3, -0.25) is 0 Å². The standard InChI is InChI=1S/C15H17N5O.3C14H16N6O.C13H15N7O/c1-9-6-11(21-7-9)13-12-14(16)17-8-18-15(12)20(19-13)10-4-2-3-5-10;1-8-6-21-14(18-8)11-10-12(15)16-7-17-13(10)20(19-11)9-4-2-3-5-9;1-8-6-18-21-12(8)11-10-13(15)16-7-17-14(10)20(19-11)9-4-2-3-5-9;1-8-6-10(21-19-8)12-11-13(15)16-7-17-14(11)20(18-12)9-4-2-3-5-9;1-7-17-13(21-19-7)10-9-11(14)15-6-16-12(9)20(18-10)8-4-2-3-5-8/h6-8,10H,2-5H2,1H3,(H2,16,17,18);3*6-7,9H,2-5H2,1H3,(H2,15,16,17);6,8H,2-5H2,1H3,(H2,14,15,16). The summed E-state index contributed by atoms with van der Waals surface area (Å²) in [5.74, 6) is 5.45. The van der Waals surface area contributed by atoms with Crippen molar-refractivity contribution in [3.05, 3.63) is 90.8 Å². The van der Waals surface area contributed by atoms with Gasteiger partial charge in [-0.2, -0.15) is 30.5 Å². The molecule has 15 aromatic heterocycles. The number of oxazole rings is 1. The van der Waals surface area contributed by atoms with Gasteiger partial charge in [0.1, 0.15) is 84.1 Å². The molecule has 5 aliphatic rings. The second kappa shape index (κ2) is 28.6. The van der Waals surface area contributed by atoms with Gasteiger partial charge in [0.05, 0.1) is 81.0 Å². The van der Waals surface area contributed by atoms with Gasteiger partial charge in [-0.15, -0.1) is 0 Å². The molecule has 10 N–H and O–H groups in total.